The van der Waals surface area contributed by atoms with Crippen LogP contribution in [0, 0.1) is 10.1 Å². The van der Waals surface area contributed by atoms with E-state index in [-0.39, 0.29) is 30.5 Å². The van der Waals surface area contributed by atoms with Crippen molar-refractivity contribution in [1.29, 1.82) is 0 Å². The van der Waals surface area contributed by atoms with E-state index in [0.717, 1.165) is 5.56 Å². The minimum absolute atomic E-state index is 0.120. The molecule has 0 aliphatic rings. The Bertz CT molecular complexity index is 839. The van der Waals surface area contributed by atoms with Crippen LogP contribution < -0.4 is 5.32 Å². The zero-order valence-corrected chi connectivity index (χ0v) is 15.8. The van der Waals surface area contributed by atoms with Gasteiger partial charge in [-0.2, -0.15) is 0 Å². The maximum Gasteiger partial charge on any atom is 0.273 e. The van der Waals surface area contributed by atoms with Gasteiger partial charge in [-0.15, -0.1) is 0 Å². The van der Waals surface area contributed by atoms with Crippen LogP contribution >= 0.6 is 11.6 Å². The van der Waals surface area contributed by atoms with Crippen molar-refractivity contribution in [3.63, 3.8) is 0 Å². The molecule has 0 fully saturated rings. The van der Waals surface area contributed by atoms with Gasteiger partial charge in [0.2, 0.25) is 11.8 Å². The van der Waals surface area contributed by atoms with E-state index in [0.29, 0.717) is 10.6 Å². The molecule has 27 heavy (non-hydrogen) atoms. The van der Waals surface area contributed by atoms with Gasteiger partial charge >= 0.3 is 0 Å². The Morgan fingerprint density at radius 3 is 2.41 bits per heavy atom. The molecule has 2 aromatic carbocycles. The first-order valence-electron chi connectivity index (χ1n) is 8.31. The fourth-order valence-electron chi connectivity index (χ4n) is 2.68. The predicted octanol–water partition coefficient (Wildman–Crippen LogP) is 2.95. The maximum absolute atomic E-state index is 12.9. The van der Waals surface area contributed by atoms with Gasteiger partial charge in [-0.3, -0.25) is 19.7 Å². The first-order valence-corrected chi connectivity index (χ1v) is 8.69. The lowest BCUT2D eigenvalue weighted by atomic mass is 10.1. The molecule has 0 spiro atoms. The molecule has 1 N–H and O–H groups in total. The molecular formula is C19H20ClN3O4. The molecule has 142 valence electrons. The van der Waals surface area contributed by atoms with Crippen molar-refractivity contribution in [2.75, 3.05) is 7.05 Å². The Kier molecular flexibility index (Phi) is 6.90. The first-order chi connectivity index (χ1) is 12.8. The van der Waals surface area contributed by atoms with Crippen LogP contribution in [0.2, 0.25) is 5.02 Å². The summed E-state index contributed by atoms with van der Waals surface area (Å²) in [6, 6.07) is 12.3. The number of hydrogen-bond acceptors (Lipinski definition) is 4. The third kappa shape index (κ3) is 5.27. The number of carbonyl (C=O) groups excluding carboxylic acids is 2. The van der Waals surface area contributed by atoms with Crippen molar-refractivity contribution in [3.05, 3.63) is 74.8 Å². The van der Waals surface area contributed by atoms with E-state index in [4.69, 9.17) is 11.6 Å². The molecule has 0 aliphatic heterocycles. The second-order valence-electron chi connectivity index (χ2n) is 6.00. The van der Waals surface area contributed by atoms with Gasteiger partial charge in [0.25, 0.3) is 5.69 Å². The lowest BCUT2D eigenvalue weighted by Gasteiger charge is -2.28. The van der Waals surface area contributed by atoms with Crippen molar-refractivity contribution >= 4 is 29.1 Å². The molecule has 2 aromatic rings. The summed E-state index contributed by atoms with van der Waals surface area (Å²) in [6.07, 6.45) is -0.175. The molecule has 0 unspecified atom stereocenters. The van der Waals surface area contributed by atoms with Gasteiger partial charge in [0, 0.05) is 30.2 Å². The van der Waals surface area contributed by atoms with Crippen molar-refractivity contribution in [1.82, 2.24) is 10.2 Å². The number of likely N-dealkylation sites (N-methyl/N-ethyl adjacent to an activating group) is 1. The number of nitro groups is 1. The SMILES string of the molecule is CNC(=O)[C@H](C)N(Cc1ccc(Cl)cc1)C(=O)Cc1ccccc1[N+](=O)[O-]. The molecule has 0 heterocycles. The van der Waals surface area contributed by atoms with Crippen molar-refractivity contribution in [2.24, 2.45) is 0 Å². The molecule has 2 amide bonds. The van der Waals surface area contributed by atoms with E-state index in [1.807, 2.05) is 0 Å². The standard InChI is InChI=1S/C19H20ClN3O4/c1-13(19(25)21-2)22(12-14-7-9-16(20)10-8-14)18(24)11-15-5-3-4-6-17(15)23(26)27/h3-10,13H,11-12H2,1-2H3,(H,21,25)/t13-/m0/s1. The van der Waals surface area contributed by atoms with Gasteiger partial charge in [0.15, 0.2) is 0 Å². The average Bonchev–Trinajstić information content (AvgIpc) is 2.66. The van der Waals surface area contributed by atoms with Crippen molar-refractivity contribution in [2.45, 2.75) is 25.9 Å². The highest BCUT2D eigenvalue weighted by molar-refractivity contribution is 6.30. The number of nitrogens with one attached hydrogen (secondary N) is 1. The third-order valence-electron chi connectivity index (χ3n) is 4.21. The largest absolute Gasteiger partial charge is 0.357 e. The minimum atomic E-state index is -0.735. The fraction of sp³-hybridized carbons (Fsp3) is 0.263. The van der Waals surface area contributed by atoms with E-state index in [2.05, 4.69) is 5.32 Å². The number of para-hydroxylation sites is 1. The lowest BCUT2D eigenvalue weighted by molar-refractivity contribution is -0.385. The van der Waals surface area contributed by atoms with Crippen LogP contribution in [0.3, 0.4) is 0 Å². The number of rotatable bonds is 7. The fourth-order valence-corrected chi connectivity index (χ4v) is 2.81. The molecule has 0 bridgehead atoms. The van der Waals surface area contributed by atoms with E-state index in [9.17, 15) is 19.7 Å². The van der Waals surface area contributed by atoms with E-state index < -0.39 is 11.0 Å². The summed E-state index contributed by atoms with van der Waals surface area (Å²) in [5.41, 5.74) is 0.980. The molecule has 1 atom stereocenters. The zero-order valence-electron chi connectivity index (χ0n) is 15.0. The molecule has 0 radical (unpaired) electrons. The second kappa shape index (κ2) is 9.14. The van der Waals surface area contributed by atoms with Crippen molar-refractivity contribution < 1.29 is 14.5 Å². The van der Waals surface area contributed by atoms with E-state index >= 15 is 0 Å². The molecule has 0 aliphatic carbocycles. The Morgan fingerprint density at radius 2 is 1.81 bits per heavy atom. The third-order valence-corrected chi connectivity index (χ3v) is 4.46. The predicted molar refractivity (Wildman–Crippen MR) is 102 cm³/mol. The summed E-state index contributed by atoms with van der Waals surface area (Å²) in [5.74, 6) is -0.699. The lowest BCUT2D eigenvalue weighted by Crippen LogP contribution is -2.47. The van der Waals surface area contributed by atoms with Gasteiger partial charge in [-0.1, -0.05) is 41.9 Å². The number of amides is 2. The minimum Gasteiger partial charge on any atom is -0.357 e. The molecule has 0 saturated carbocycles. The number of benzene rings is 2. The van der Waals surface area contributed by atoms with Crippen LogP contribution in [0.5, 0.6) is 0 Å². The average molecular weight is 390 g/mol. The first kappa shape index (κ1) is 20.4. The van der Waals surface area contributed by atoms with Crippen LogP contribution in [-0.2, 0) is 22.6 Å². The van der Waals surface area contributed by atoms with Crippen molar-refractivity contribution in [3.8, 4) is 0 Å². The number of carbonyl (C=O) groups is 2. The number of nitro benzene ring substituents is 1. The quantitative estimate of drug-likeness (QED) is 0.582. The molecule has 0 aromatic heterocycles. The van der Waals surface area contributed by atoms with Crippen LogP contribution in [0.25, 0.3) is 0 Å². The Labute approximate surface area is 162 Å². The highest BCUT2D eigenvalue weighted by Crippen LogP contribution is 2.20. The Balaban J connectivity index is 2.29. The summed E-state index contributed by atoms with van der Waals surface area (Å²) in [6.45, 7) is 1.80. The maximum atomic E-state index is 12.9. The summed E-state index contributed by atoms with van der Waals surface area (Å²) >= 11 is 5.89. The summed E-state index contributed by atoms with van der Waals surface area (Å²) in [7, 11) is 1.49. The van der Waals surface area contributed by atoms with Crippen LogP contribution in [0.15, 0.2) is 48.5 Å². The summed E-state index contributed by atoms with van der Waals surface area (Å²) < 4.78 is 0. The Morgan fingerprint density at radius 1 is 1.19 bits per heavy atom. The monoisotopic (exact) mass is 389 g/mol. The van der Waals surface area contributed by atoms with E-state index in [1.165, 1.54) is 18.0 Å². The highest BCUT2D eigenvalue weighted by Gasteiger charge is 2.27. The molecular weight excluding hydrogens is 370 g/mol. The number of halogens is 1. The van der Waals surface area contributed by atoms with Gasteiger partial charge in [-0.25, -0.2) is 0 Å². The molecule has 8 heteroatoms. The molecule has 2 rings (SSSR count). The summed E-state index contributed by atoms with van der Waals surface area (Å²) in [5, 5.41) is 14.3. The van der Waals surface area contributed by atoms with E-state index in [1.54, 1.807) is 49.4 Å². The molecule has 0 saturated heterocycles. The van der Waals surface area contributed by atoms with Gasteiger partial charge in [0.05, 0.1) is 11.3 Å². The second-order valence-corrected chi connectivity index (χ2v) is 6.44. The topological polar surface area (TPSA) is 92.6 Å². The van der Waals surface area contributed by atoms with Crippen LogP contribution in [0.4, 0.5) is 5.69 Å². The van der Waals surface area contributed by atoms with Gasteiger partial charge in [0.1, 0.15) is 6.04 Å². The normalized spacial score (nSPS) is 11.5. The summed E-state index contributed by atoms with van der Waals surface area (Å²) in [4.78, 5) is 37.1. The molecule has 7 nitrogen and oxygen atoms in total. The van der Waals surface area contributed by atoms with Crippen LogP contribution in [-0.4, -0.2) is 34.7 Å². The highest BCUT2D eigenvalue weighted by atomic mass is 35.5. The van der Waals surface area contributed by atoms with Gasteiger partial charge < -0.3 is 10.2 Å². The van der Waals surface area contributed by atoms with Crippen LogP contribution in [0.1, 0.15) is 18.1 Å². The van der Waals surface area contributed by atoms with Gasteiger partial charge in [-0.05, 0) is 24.6 Å². The smallest absolute Gasteiger partial charge is 0.273 e. The number of hydrogen-bond donors (Lipinski definition) is 1. The Hall–Kier alpha value is -2.93. The zero-order chi connectivity index (χ0) is 20.0. The number of nitrogens with zero attached hydrogens (tertiary/aromatic N) is 2.